The van der Waals surface area contributed by atoms with E-state index >= 15 is 0 Å². The lowest BCUT2D eigenvalue weighted by molar-refractivity contribution is -0.142. The first-order valence-electron chi connectivity index (χ1n) is 29.6. The van der Waals surface area contributed by atoms with Gasteiger partial charge in [-0.25, -0.2) is 0 Å². The predicted molar refractivity (Wildman–Crippen MR) is 340 cm³/mol. The Morgan fingerprint density at radius 1 is 0.182 bits per heavy atom. The Bertz CT molecular complexity index is 785. The van der Waals surface area contributed by atoms with Gasteiger partial charge in [0.1, 0.15) is 0 Å². The minimum Gasteiger partial charge on any atom is -0.466 e. The highest BCUT2D eigenvalue weighted by molar-refractivity contribution is 5.66. The first-order chi connectivity index (χ1) is 42.9. The van der Waals surface area contributed by atoms with Crippen LogP contribution in [-0.2, 0) is 133 Å². The Morgan fingerprint density at radius 2 is 0.284 bits per heavy atom. The topological polar surface area (TPSA) is 274 Å². The summed E-state index contributed by atoms with van der Waals surface area (Å²) in [7, 11) is 26.4. The van der Waals surface area contributed by atoms with E-state index < -0.39 is 0 Å². The van der Waals surface area contributed by atoms with Crippen LogP contribution in [-0.4, -0.2) is 350 Å². The second kappa shape index (κ2) is 130. The quantitative estimate of drug-likeness (QED) is 0.0568. The van der Waals surface area contributed by atoms with Crippen LogP contribution in [0.1, 0.15) is 53.4 Å². The van der Waals surface area contributed by atoms with Crippen molar-refractivity contribution in [3.05, 3.63) is 0 Å². The van der Waals surface area contributed by atoms with Gasteiger partial charge in [0.15, 0.2) is 0 Å². The van der Waals surface area contributed by atoms with E-state index in [4.69, 9.17) is 114 Å². The minimum atomic E-state index is -0.182. The molecule has 28 nitrogen and oxygen atoms in total. The number of carbonyl (C=O) groups is 2. The summed E-state index contributed by atoms with van der Waals surface area (Å²) in [4.78, 5) is 20.2. The molecule has 0 saturated carbocycles. The summed E-state index contributed by atoms with van der Waals surface area (Å²) in [5.74, 6) is -0.364. The molecule has 88 heavy (non-hydrogen) atoms. The van der Waals surface area contributed by atoms with Crippen molar-refractivity contribution in [3.8, 4) is 0 Å². The molecule has 0 saturated heterocycles. The second-order valence-electron chi connectivity index (χ2n) is 16.2. The van der Waals surface area contributed by atoms with Crippen molar-refractivity contribution in [3.63, 3.8) is 0 Å². The SMILES string of the molecule is CCCCOC(C)=O.CCCCOC(C)=O.COCCOCCOC.COCCOCCOC.COCCOCCOC.COCCOCCOC.COCCOCCOC.COCCOCCOC.COCCOCCOC.COCCOCCOC. The van der Waals surface area contributed by atoms with E-state index in [2.05, 4.69) is 23.3 Å². The van der Waals surface area contributed by atoms with Gasteiger partial charge in [0.05, 0.1) is 225 Å². The Labute approximate surface area is 535 Å². The molecule has 0 aliphatic heterocycles. The molecule has 0 aliphatic rings. The third-order valence-electron chi connectivity index (χ3n) is 8.52. The number of esters is 2. The molecule has 0 aliphatic carbocycles. The lowest BCUT2D eigenvalue weighted by Crippen LogP contribution is -2.06. The number of hydrogen-bond donors (Lipinski definition) is 0. The van der Waals surface area contributed by atoms with Crippen LogP contribution in [0.5, 0.6) is 0 Å². The molecule has 0 radical (unpaired) electrons. The van der Waals surface area contributed by atoms with Gasteiger partial charge >= 0.3 is 11.9 Å². The van der Waals surface area contributed by atoms with Gasteiger partial charge in [-0.3, -0.25) is 9.59 Å². The van der Waals surface area contributed by atoms with Crippen LogP contribution in [0, 0.1) is 0 Å². The van der Waals surface area contributed by atoms with Crippen molar-refractivity contribution < 1.29 is 133 Å². The average Bonchev–Trinajstić information content (AvgIpc) is 3.52. The number of ether oxygens (including phenoxy) is 26. The predicted octanol–water partition coefficient (Wildman–Crippen LogP) is 5.07. The molecule has 0 aromatic carbocycles. The highest BCUT2D eigenvalue weighted by Gasteiger charge is 1.92. The Kier molecular flexibility index (Phi) is 159. The van der Waals surface area contributed by atoms with E-state index in [1.165, 1.54) is 13.8 Å². The summed E-state index contributed by atoms with van der Waals surface area (Å²) in [5, 5.41) is 0. The largest absolute Gasteiger partial charge is 0.466 e. The third kappa shape index (κ3) is 185. The standard InChI is InChI=1S/8C6H14O3.2C6H12O2/c8*1-7-3-5-9-6-4-8-2;2*1-3-4-5-8-6(2)7/h8*3-6H2,1-2H3;2*3-5H2,1-2H3. The Hall–Kier alpha value is -2.02. The third-order valence-corrected chi connectivity index (χ3v) is 8.52. The molecule has 0 aromatic rings. The van der Waals surface area contributed by atoms with Crippen molar-refractivity contribution >= 4 is 11.9 Å². The highest BCUT2D eigenvalue weighted by Crippen LogP contribution is 1.88. The zero-order chi connectivity index (χ0) is 68.4. The Morgan fingerprint density at radius 3 is 0.352 bits per heavy atom. The minimum absolute atomic E-state index is 0.182. The van der Waals surface area contributed by atoms with Gasteiger partial charge in [0.25, 0.3) is 0 Å². The van der Waals surface area contributed by atoms with Crippen molar-refractivity contribution in [2.75, 3.05) is 338 Å². The molecule has 0 amide bonds. The first-order valence-corrected chi connectivity index (χ1v) is 29.6. The van der Waals surface area contributed by atoms with Crippen molar-refractivity contribution in [1.29, 1.82) is 0 Å². The van der Waals surface area contributed by atoms with Gasteiger partial charge < -0.3 is 123 Å². The number of unbranched alkanes of at least 4 members (excludes halogenated alkanes) is 2. The van der Waals surface area contributed by atoms with Crippen molar-refractivity contribution in [2.45, 2.75) is 53.4 Å². The molecule has 0 heterocycles. The molecule has 0 atom stereocenters. The molecular formula is C60H136O28. The maximum atomic E-state index is 10.1. The van der Waals surface area contributed by atoms with E-state index in [-0.39, 0.29) is 11.9 Å². The molecule has 0 rings (SSSR count). The van der Waals surface area contributed by atoms with Crippen LogP contribution in [0.3, 0.4) is 0 Å². The van der Waals surface area contributed by atoms with Crippen LogP contribution in [0.25, 0.3) is 0 Å². The van der Waals surface area contributed by atoms with E-state index in [0.29, 0.717) is 225 Å². The van der Waals surface area contributed by atoms with Crippen LogP contribution in [0.2, 0.25) is 0 Å². The Balaban J connectivity index is -0.0000000960. The zero-order valence-electron chi connectivity index (χ0n) is 59.3. The summed E-state index contributed by atoms with van der Waals surface area (Å²) in [6.07, 6.45) is 4.10. The second-order valence-corrected chi connectivity index (χ2v) is 16.2. The summed E-state index contributed by atoms with van der Waals surface area (Å²) in [5.41, 5.74) is 0. The van der Waals surface area contributed by atoms with Gasteiger partial charge in [-0.15, -0.1) is 0 Å². The van der Waals surface area contributed by atoms with Gasteiger partial charge in [-0.2, -0.15) is 0 Å². The van der Waals surface area contributed by atoms with E-state index in [1.807, 2.05) is 0 Å². The van der Waals surface area contributed by atoms with Crippen LogP contribution in [0.15, 0.2) is 0 Å². The highest BCUT2D eigenvalue weighted by atomic mass is 16.6. The number of carbonyl (C=O) groups excluding carboxylic acids is 2. The van der Waals surface area contributed by atoms with E-state index in [1.54, 1.807) is 114 Å². The maximum Gasteiger partial charge on any atom is 0.302 e. The molecule has 0 unspecified atom stereocenters. The number of rotatable bonds is 54. The normalized spacial score (nSPS) is 9.77. The van der Waals surface area contributed by atoms with Crippen molar-refractivity contribution in [2.24, 2.45) is 0 Å². The summed E-state index contributed by atoms with van der Waals surface area (Å²) >= 11 is 0. The van der Waals surface area contributed by atoms with Gasteiger partial charge in [0.2, 0.25) is 0 Å². The lowest BCUT2D eigenvalue weighted by Gasteiger charge is -2.00. The molecular weight excluding hydrogens is 1170 g/mol. The smallest absolute Gasteiger partial charge is 0.302 e. The molecule has 0 spiro atoms. The summed E-state index contributed by atoms with van der Waals surface area (Å²) in [6, 6.07) is 0. The maximum absolute atomic E-state index is 10.1. The molecule has 0 aromatic heterocycles. The van der Waals surface area contributed by atoms with Gasteiger partial charge in [-0.1, -0.05) is 26.7 Å². The van der Waals surface area contributed by atoms with E-state index in [0.717, 1.165) is 25.7 Å². The van der Waals surface area contributed by atoms with Crippen molar-refractivity contribution in [1.82, 2.24) is 0 Å². The molecule has 0 bridgehead atoms. The molecule has 544 valence electrons. The van der Waals surface area contributed by atoms with Crippen LogP contribution in [0.4, 0.5) is 0 Å². The molecule has 0 N–H and O–H groups in total. The fourth-order valence-electron chi connectivity index (χ4n) is 3.81. The fraction of sp³-hybridized carbons (Fsp3) is 0.967. The number of methoxy groups -OCH3 is 16. The average molecular weight is 1310 g/mol. The van der Waals surface area contributed by atoms with Crippen LogP contribution < -0.4 is 0 Å². The first kappa shape index (κ1) is 108. The van der Waals surface area contributed by atoms with Crippen LogP contribution >= 0.6 is 0 Å². The van der Waals surface area contributed by atoms with Gasteiger partial charge in [0, 0.05) is 128 Å². The summed E-state index contributed by atoms with van der Waals surface area (Å²) < 4.78 is 126. The van der Waals surface area contributed by atoms with E-state index in [9.17, 15) is 9.59 Å². The fourth-order valence-corrected chi connectivity index (χ4v) is 3.81. The zero-order valence-corrected chi connectivity index (χ0v) is 59.3. The van der Waals surface area contributed by atoms with Gasteiger partial charge in [-0.05, 0) is 12.8 Å². The lowest BCUT2D eigenvalue weighted by atomic mass is 10.4. The summed E-state index contributed by atoms with van der Waals surface area (Å²) in [6.45, 7) is 29.1. The molecule has 28 heteroatoms. The monoisotopic (exact) mass is 1300 g/mol. The number of hydrogen-bond acceptors (Lipinski definition) is 28. The molecule has 0 fully saturated rings.